The van der Waals surface area contributed by atoms with Crippen LogP contribution in [-0.2, 0) is 19.1 Å². The van der Waals surface area contributed by atoms with E-state index in [9.17, 15) is 14.7 Å². The van der Waals surface area contributed by atoms with E-state index in [4.69, 9.17) is 9.47 Å². The van der Waals surface area contributed by atoms with E-state index >= 15 is 0 Å². The molecule has 1 aromatic rings. The van der Waals surface area contributed by atoms with Crippen molar-refractivity contribution in [1.82, 2.24) is 5.32 Å². The molecule has 0 spiro atoms. The van der Waals surface area contributed by atoms with E-state index in [1.165, 1.54) is 0 Å². The number of ether oxygens (including phenoxy) is 2. The Morgan fingerprint density at radius 2 is 1.96 bits per heavy atom. The van der Waals surface area contributed by atoms with Crippen molar-refractivity contribution in [3.8, 4) is 0 Å². The Balaban J connectivity index is 2.05. The van der Waals surface area contributed by atoms with Gasteiger partial charge in [0, 0.05) is 26.4 Å². The maximum atomic E-state index is 12.5. The fourth-order valence-electron chi connectivity index (χ4n) is 2.70. The number of rotatable bonds is 7. The zero-order valence-corrected chi connectivity index (χ0v) is 13.3. The summed E-state index contributed by atoms with van der Waals surface area (Å²) in [7, 11) is 0. The highest BCUT2D eigenvalue weighted by Gasteiger charge is 2.41. The number of hydrogen-bond acceptors (Lipinski definition) is 4. The first-order chi connectivity index (χ1) is 11.1. The standard InChI is InChI=1S/C17H23NO5/c1-2-23-14(13-6-4-3-5-7-13)15(19)18-12-17(16(20)21)8-10-22-11-9-17/h3-7,14H,2,8-12H2,1H3,(H,18,19)(H,20,21). The van der Waals surface area contributed by atoms with Crippen molar-refractivity contribution < 1.29 is 24.2 Å². The van der Waals surface area contributed by atoms with Crippen molar-refractivity contribution in [1.29, 1.82) is 0 Å². The maximum Gasteiger partial charge on any atom is 0.311 e. The van der Waals surface area contributed by atoms with Gasteiger partial charge in [-0.25, -0.2) is 0 Å². The molecule has 0 bridgehead atoms. The molecule has 1 fully saturated rings. The normalized spacial score (nSPS) is 18.1. The van der Waals surface area contributed by atoms with Gasteiger partial charge in [0.05, 0.1) is 5.41 Å². The van der Waals surface area contributed by atoms with Crippen LogP contribution in [0.2, 0.25) is 0 Å². The average molecular weight is 321 g/mol. The molecule has 23 heavy (non-hydrogen) atoms. The molecule has 1 amide bonds. The van der Waals surface area contributed by atoms with Crippen LogP contribution in [0.3, 0.4) is 0 Å². The summed E-state index contributed by atoms with van der Waals surface area (Å²) in [5, 5.41) is 12.3. The van der Waals surface area contributed by atoms with Crippen LogP contribution in [0.5, 0.6) is 0 Å². The van der Waals surface area contributed by atoms with Gasteiger partial charge < -0.3 is 19.9 Å². The van der Waals surface area contributed by atoms with Crippen LogP contribution >= 0.6 is 0 Å². The van der Waals surface area contributed by atoms with Gasteiger partial charge in [-0.05, 0) is 25.3 Å². The van der Waals surface area contributed by atoms with Crippen LogP contribution in [0.4, 0.5) is 0 Å². The van der Waals surface area contributed by atoms with E-state index in [0.717, 1.165) is 5.56 Å². The molecular formula is C17H23NO5. The lowest BCUT2D eigenvalue weighted by Gasteiger charge is -2.33. The molecule has 0 aromatic heterocycles. The van der Waals surface area contributed by atoms with Gasteiger partial charge >= 0.3 is 5.97 Å². The minimum atomic E-state index is -0.957. The van der Waals surface area contributed by atoms with E-state index in [2.05, 4.69) is 5.32 Å². The molecule has 1 saturated heterocycles. The predicted molar refractivity (Wildman–Crippen MR) is 83.9 cm³/mol. The minimum Gasteiger partial charge on any atom is -0.481 e. The van der Waals surface area contributed by atoms with Crippen molar-refractivity contribution in [2.75, 3.05) is 26.4 Å². The first-order valence-corrected chi connectivity index (χ1v) is 7.84. The zero-order valence-electron chi connectivity index (χ0n) is 13.3. The first-order valence-electron chi connectivity index (χ1n) is 7.84. The molecule has 1 aliphatic rings. The number of aliphatic carboxylic acids is 1. The number of hydrogen-bond donors (Lipinski definition) is 2. The Hall–Kier alpha value is -1.92. The molecule has 1 aromatic carbocycles. The quantitative estimate of drug-likeness (QED) is 0.799. The van der Waals surface area contributed by atoms with Gasteiger partial charge in [0.1, 0.15) is 0 Å². The lowest BCUT2D eigenvalue weighted by molar-refractivity contribution is -0.155. The number of carbonyl (C=O) groups is 2. The van der Waals surface area contributed by atoms with Crippen molar-refractivity contribution in [2.24, 2.45) is 5.41 Å². The third-order valence-corrected chi connectivity index (χ3v) is 4.18. The Morgan fingerprint density at radius 1 is 1.30 bits per heavy atom. The first kappa shape index (κ1) is 17.4. The van der Waals surface area contributed by atoms with Gasteiger partial charge in [-0.15, -0.1) is 0 Å². The second-order valence-electron chi connectivity index (χ2n) is 5.66. The van der Waals surface area contributed by atoms with Crippen LogP contribution in [0.15, 0.2) is 30.3 Å². The molecule has 1 atom stereocenters. The van der Waals surface area contributed by atoms with E-state index in [1.54, 1.807) is 0 Å². The van der Waals surface area contributed by atoms with Crippen LogP contribution in [0, 0.1) is 5.41 Å². The fraction of sp³-hybridized carbons (Fsp3) is 0.529. The number of carboxylic acid groups (broad SMARTS) is 1. The molecule has 6 nitrogen and oxygen atoms in total. The van der Waals surface area contributed by atoms with Crippen molar-refractivity contribution in [3.63, 3.8) is 0 Å². The fourth-order valence-corrected chi connectivity index (χ4v) is 2.70. The molecule has 0 saturated carbocycles. The summed E-state index contributed by atoms with van der Waals surface area (Å²) in [5.41, 5.74) is -0.204. The van der Waals surface area contributed by atoms with Gasteiger partial charge in [0.2, 0.25) is 0 Å². The van der Waals surface area contributed by atoms with E-state index in [1.807, 2.05) is 37.3 Å². The molecular weight excluding hydrogens is 298 g/mol. The van der Waals surface area contributed by atoms with E-state index in [-0.39, 0.29) is 12.5 Å². The summed E-state index contributed by atoms with van der Waals surface area (Å²) in [5.74, 6) is -1.21. The molecule has 2 rings (SSSR count). The smallest absolute Gasteiger partial charge is 0.311 e. The molecule has 1 unspecified atom stereocenters. The van der Waals surface area contributed by atoms with Crippen molar-refractivity contribution >= 4 is 11.9 Å². The van der Waals surface area contributed by atoms with Crippen LogP contribution in [-0.4, -0.2) is 43.3 Å². The Bertz CT molecular complexity index is 525. The van der Waals surface area contributed by atoms with E-state index < -0.39 is 17.5 Å². The van der Waals surface area contributed by atoms with Gasteiger partial charge in [0.25, 0.3) is 5.91 Å². The number of benzene rings is 1. The predicted octanol–water partition coefficient (Wildman–Crippen LogP) is 1.76. The zero-order chi connectivity index (χ0) is 16.7. The van der Waals surface area contributed by atoms with Gasteiger partial charge in [0.15, 0.2) is 6.10 Å². The summed E-state index contributed by atoms with van der Waals surface area (Å²) >= 11 is 0. The minimum absolute atomic E-state index is 0.0843. The molecule has 0 radical (unpaired) electrons. The highest BCUT2D eigenvalue weighted by molar-refractivity contribution is 5.83. The lowest BCUT2D eigenvalue weighted by Crippen LogP contribution is -2.47. The van der Waals surface area contributed by atoms with Crippen LogP contribution in [0.25, 0.3) is 0 Å². The molecule has 6 heteroatoms. The molecule has 1 aliphatic heterocycles. The average Bonchev–Trinajstić information content (AvgIpc) is 2.59. The summed E-state index contributed by atoms with van der Waals surface area (Å²) in [6.45, 7) is 3.09. The summed E-state index contributed by atoms with van der Waals surface area (Å²) in [6, 6.07) is 9.19. The highest BCUT2D eigenvalue weighted by atomic mass is 16.5. The van der Waals surface area contributed by atoms with Crippen molar-refractivity contribution in [2.45, 2.75) is 25.9 Å². The molecule has 126 valence electrons. The second kappa shape index (κ2) is 8.08. The Morgan fingerprint density at radius 3 is 2.52 bits per heavy atom. The van der Waals surface area contributed by atoms with E-state index in [0.29, 0.717) is 32.7 Å². The monoisotopic (exact) mass is 321 g/mol. The summed E-state index contributed by atoms with van der Waals surface area (Å²) < 4.78 is 10.8. The SMILES string of the molecule is CCOC(C(=O)NCC1(C(=O)O)CCOCC1)c1ccccc1. The largest absolute Gasteiger partial charge is 0.481 e. The third kappa shape index (κ3) is 4.30. The topological polar surface area (TPSA) is 84.9 Å². The molecule has 0 aliphatic carbocycles. The Kier molecular flexibility index (Phi) is 6.12. The van der Waals surface area contributed by atoms with Gasteiger partial charge in [-0.2, -0.15) is 0 Å². The maximum absolute atomic E-state index is 12.5. The van der Waals surface area contributed by atoms with Crippen molar-refractivity contribution in [3.05, 3.63) is 35.9 Å². The Labute approximate surface area is 135 Å². The van der Waals surface area contributed by atoms with Crippen LogP contribution < -0.4 is 5.32 Å². The third-order valence-electron chi connectivity index (χ3n) is 4.18. The molecule has 1 heterocycles. The summed E-state index contributed by atoms with van der Waals surface area (Å²) in [4.78, 5) is 24.1. The number of carboxylic acids is 1. The number of nitrogens with one attached hydrogen (secondary N) is 1. The van der Waals surface area contributed by atoms with Gasteiger partial charge in [-0.3, -0.25) is 9.59 Å². The molecule has 2 N–H and O–H groups in total. The summed E-state index contributed by atoms with van der Waals surface area (Å²) in [6.07, 6.45) is 0.0624. The van der Waals surface area contributed by atoms with Crippen LogP contribution in [0.1, 0.15) is 31.4 Å². The van der Waals surface area contributed by atoms with Gasteiger partial charge in [-0.1, -0.05) is 30.3 Å². The lowest BCUT2D eigenvalue weighted by atomic mass is 9.80. The number of amides is 1. The second-order valence-corrected chi connectivity index (χ2v) is 5.66. The highest BCUT2D eigenvalue weighted by Crippen LogP contribution is 2.30. The number of carbonyl (C=O) groups excluding carboxylic acids is 1.